The predicted octanol–water partition coefficient (Wildman–Crippen LogP) is 2.86. The van der Waals surface area contributed by atoms with Crippen LogP contribution in [0.4, 0.5) is 5.69 Å². The molecular weight excluding hydrogens is 440 g/mol. The van der Waals surface area contributed by atoms with Crippen molar-refractivity contribution in [1.29, 1.82) is 0 Å². The summed E-state index contributed by atoms with van der Waals surface area (Å²) in [6, 6.07) is 5.32. The first-order chi connectivity index (χ1) is 16.6. The third-order valence-electron chi connectivity index (χ3n) is 4.88. The monoisotopic (exact) mass is 464 g/mol. The molecular formula is C23H24N6O5. The molecule has 1 aromatic carbocycles. The lowest BCUT2D eigenvalue weighted by molar-refractivity contribution is -0.115. The Morgan fingerprint density at radius 2 is 1.76 bits per heavy atom. The van der Waals surface area contributed by atoms with Crippen molar-refractivity contribution in [3.63, 3.8) is 0 Å². The lowest BCUT2D eigenvalue weighted by Gasteiger charge is -2.12. The summed E-state index contributed by atoms with van der Waals surface area (Å²) in [4.78, 5) is 25.2. The van der Waals surface area contributed by atoms with Crippen LogP contribution in [0.2, 0.25) is 0 Å². The molecule has 0 fully saturated rings. The van der Waals surface area contributed by atoms with Crippen molar-refractivity contribution in [2.75, 3.05) is 33.3 Å². The molecule has 0 saturated heterocycles. The minimum atomic E-state index is -0.249. The molecule has 0 unspecified atom stereocenters. The third kappa shape index (κ3) is 5.38. The van der Waals surface area contributed by atoms with Crippen LogP contribution in [0.1, 0.15) is 5.82 Å². The number of pyridine rings is 1. The number of ether oxygens (including phenoxy) is 4. The molecule has 0 aliphatic rings. The second kappa shape index (κ2) is 10.6. The van der Waals surface area contributed by atoms with Crippen LogP contribution < -0.4 is 19.5 Å². The zero-order valence-electron chi connectivity index (χ0n) is 19.0. The van der Waals surface area contributed by atoms with Gasteiger partial charge in [0.1, 0.15) is 11.6 Å². The molecule has 0 aliphatic carbocycles. The number of aromatic nitrogens is 5. The number of hydrogen-bond donors (Lipinski definition) is 1. The molecule has 176 valence electrons. The lowest BCUT2D eigenvalue weighted by atomic mass is 10.2. The van der Waals surface area contributed by atoms with E-state index in [1.54, 1.807) is 62.8 Å². The normalized spacial score (nSPS) is 10.8. The molecule has 0 atom stereocenters. The number of rotatable bonds is 10. The average molecular weight is 464 g/mol. The summed E-state index contributed by atoms with van der Waals surface area (Å²) in [6.45, 7) is 1.14. The molecule has 0 saturated carbocycles. The van der Waals surface area contributed by atoms with Gasteiger partial charge in [0.2, 0.25) is 5.91 Å². The standard InChI is InChI=1S/C23H24N6O5/c1-31-7-6-29-14-15(11-27-29)28-23(30)10-22-25-12-16(13-26-22)34-19-4-5-24-18-9-21(33-3)20(32-2)8-17(18)19/h4-5,8-9,11-14H,6-7,10H2,1-3H3,(H,28,30). The molecule has 4 rings (SSSR count). The Bertz CT molecular complexity index is 1270. The van der Waals surface area contributed by atoms with Gasteiger partial charge in [-0.3, -0.25) is 14.5 Å². The molecule has 1 N–H and O–H groups in total. The Morgan fingerprint density at radius 1 is 1.00 bits per heavy atom. The van der Waals surface area contributed by atoms with Gasteiger partial charge in [-0.15, -0.1) is 0 Å². The smallest absolute Gasteiger partial charge is 0.232 e. The number of carbonyl (C=O) groups excluding carboxylic acids is 1. The Kier molecular flexibility index (Phi) is 7.13. The highest BCUT2D eigenvalue weighted by Gasteiger charge is 2.13. The molecule has 1 amide bonds. The Balaban J connectivity index is 1.41. The zero-order valence-corrected chi connectivity index (χ0v) is 19.0. The number of amides is 1. The number of benzene rings is 1. The maximum absolute atomic E-state index is 12.3. The van der Waals surface area contributed by atoms with E-state index in [1.165, 1.54) is 12.4 Å². The highest BCUT2D eigenvalue weighted by molar-refractivity contribution is 5.91. The quantitative estimate of drug-likeness (QED) is 0.377. The average Bonchev–Trinajstić information content (AvgIpc) is 3.30. The highest BCUT2D eigenvalue weighted by atomic mass is 16.5. The van der Waals surface area contributed by atoms with Gasteiger partial charge in [0, 0.05) is 31.0 Å². The van der Waals surface area contributed by atoms with E-state index in [1.807, 2.05) is 0 Å². The van der Waals surface area contributed by atoms with E-state index < -0.39 is 0 Å². The van der Waals surface area contributed by atoms with E-state index >= 15 is 0 Å². The summed E-state index contributed by atoms with van der Waals surface area (Å²) in [5.41, 5.74) is 1.28. The topological polar surface area (TPSA) is 123 Å². The molecule has 4 aromatic rings. The predicted molar refractivity (Wildman–Crippen MR) is 123 cm³/mol. The van der Waals surface area contributed by atoms with Crippen molar-refractivity contribution in [3.05, 3.63) is 55.0 Å². The van der Waals surface area contributed by atoms with Crippen LogP contribution in [-0.4, -0.2) is 58.6 Å². The number of fused-ring (bicyclic) bond motifs is 1. The van der Waals surface area contributed by atoms with Gasteiger partial charge in [-0.2, -0.15) is 5.10 Å². The van der Waals surface area contributed by atoms with Gasteiger partial charge in [-0.25, -0.2) is 9.97 Å². The van der Waals surface area contributed by atoms with E-state index in [4.69, 9.17) is 18.9 Å². The van der Waals surface area contributed by atoms with Crippen molar-refractivity contribution in [1.82, 2.24) is 24.7 Å². The fourth-order valence-corrected chi connectivity index (χ4v) is 3.23. The summed E-state index contributed by atoms with van der Waals surface area (Å²) in [5, 5.41) is 7.69. The van der Waals surface area contributed by atoms with Crippen molar-refractivity contribution in [2.24, 2.45) is 0 Å². The van der Waals surface area contributed by atoms with Gasteiger partial charge < -0.3 is 24.3 Å². The number of nitrogens with zero attached hydrogens (tertiary/aromatic N) is 5. The summed E-state index contributed by atoms with van der Waals surface area (Å²) in [7, 11) is 4.76. The van der Waals surface area contributed by atoms with Crippen LogP contribution in [0, 0.1) is 0 Å². The van der Waals surface area contributed by atoms with E-state index in [0.717, 1.165) is 5.39 Å². The Hall–Kier alpha value is -4.25. The number of anilines is 1. The van der Waals surface area contributed by atoms with Crippen LogP contribution in [0.3, 0.4) is 0 Å². The lowest BCUT2D eigenvalue weighted by Crippen LogP contribution is -2.15. The first-order valence-corrected chi connectivity index (χ1v) is 10.4. The van der Waals surface area contributed by atoms with E-state index in [0.29, 0.717) is 53.2 Å². The highest BCUT2D eigenvalue weighted by Crippen LogP contribution is 2.36. The van der Waals surface area contributed by atoms with E-state index in [-0.39, 0.29) is 12.3 Å². The summed E-state index contributed by atoms with van der Waals surface area (Å²) >= 11 is 0. The minimum Gasteiger partial charge on any atom is -0.493 e. The van der Waals surface area contributed by atoms with Crippen molar-refractivity contribution >= 4 is 22.5 Å². The fraction of sp³-hybridized carbons (Fsp3) is 0.261. The van der Waals surface area contributed by atoms with Crippen molar-refractivity contribution < 1.29 is 23.7 Å². The Morgan fingerprint density at radius 3 is 2.50 bits per heavy atom. The molecule has 3 heterocycles. The molecule has 0 aliphatic heterocycles. The van der Waals surface area contributed by atoms with Gasteiger partial charge in [0.05, 0.1) is 63.6 Å². The van der Waals surface area contributed by atoms with Crippen molar-refractivity contribution in [3.8, 4) is 23.0 Å². The summed E-state index contributed by atoms with van der Waals surface area (Å²) in [5.74, 6) is 2.24. The van der Waals surface area contributed by atoms with Gasteiger partial charge in [0.25, 0.3) is 0 Å². The Labute approximate surface area is 195 Å². The summed E-state index contributed by atoms with van der Waals surface area (Å²) < 4.78 is 23.4. The molecule has 0 radical (unpaired) electrons. The first kappa shape index (κ1) is 22.9. The van der Waals surface area contributed by atoms with Gasteiger partial charge in [0.15, 0.2) is 17.2 Å². The number of nitrogens with one attached hydrogen (secondary N) is 1. The van der Waals surface area contributed by atoms with Gasteiger partial charge >= 0.3 is 0 Å². The van der Waals surface area contributed by atoms with E-state index in [2.05, 4.69) is 25.4 Å². The second-order valence-corrected chi connectivity index (χ2v) is 7.18. The summed E-state index contributed by atoms with van der Waals surface area (Å²) in [6.07, 6.45) is 8.00. The number of hydrogen-bond acceptors (Lipinski definition) is 9. The number of methoxy groups -OCH3 is 3. The van der Waals surface area contributed by atoms with Crippen LogP contribution in [0.5, 0.6) is 23.0 Å². The molecule has 0 spiro atoms. The van der Waals surface area contributed by atoms with Crippen LogP contribution in [-0.2, 0) is 22.5 Å². The van der Waals surface area contributed by atoms with Gasteiger partial charge in [-0.1, -0.05) is 0 Å². The van der Waals surface area contributed by atoms with Crippen LogP contribution in [0.25, 0.3) is 10.9 Å². The largest absolute Gasteiger partial charge is 0.493 e. The molecule has 11 heteroatoms. The van der Waals surface area contributed by atoms with Crippen molar-refractivity contribution in [2.45, 2.75) is 13.0 Å². The van der Waals surface area contributed by atoms with E-state index in [9.17, 15) is 4.79 Å². The number of carbonyl (C=O) groups is 1. The van der Waals surface area contributed by atoms with Crippen LogP contribution in [0.15, 0.2) is 49.2 Å². The fourth-order valence-electron chi connectivity index (χ4n) is 3.23. The minimum absolute atomic E-state index is 0.0126. The first-order valence-electron chi connectivity index (χ1n) is 10.4. The SMILES string of the molecule is COCCn1cc(NC(=O)Cc2ncc(Oc3ccnc4cc(OC)c(OC)cc34)cn2)cn1. The maximum Gasteiger partial charge on any atom is 0.232 e. The van der Waals surface area contributed by atoms with Crippen LogP contribution >= 0.6 is 0 Å². The molecule has 11 nitrogen and oxygen atoms in total. The molecule has 3 aromatic heterocycles. The van der Waals surface area contributed by atoms with Gasteiger partial charge in [-0.05, 0) is 12.1 Å². The maximum atomic E-state index is 12.3. The third-order valence-corrected chi connectivity index (χ3v) is 4.88. The molecule has 34 heavy (non-hydrogen) atoms. The zero-order chi connectivity index (χ0) is 23.9. The molecule has 0 bridgehead atoms. The second-order valence-electron chi connectivity index (χ2n) is 7.18.